The van der Waals surface area contributed by atoms with Crippen LogP contribution in [0.15, 0.2) is 18.2 Å². The molecule has 0 amide bonds. The monoisotopic (exact) mass is 256 g/mol. The molecule has 1 fully saturated rings. The lowest BCUT2D eigenvalue weighted by atomic mass is 9.75. The van der Waals surface area contributed by atoms with Gasteiger partial charge in [0.25, 0.3) is 0 Å². The molecule has 0 heterocycles. The molecule has 2 rings (SSSR count). The SMILES string of the molecule is COC1(C(=O)Cc2ccc(F)cc2Cl)CCC1. The van der Waals surface area contributed by atoms with Crippen LogP contribution in [0.1, 0.15) is 24.8 Å². The Morgan fingerprint density at radius 3 is 2.71 bits per heavy atom. The van der Waals surface area contributed by atoms with Crippen LogP contribution in [-0.2, 0) is 16.0 Å². The van der Waals surface area contributed by atoms with E-state index in [4.69, 9.17) is 16.3 Å². The van der Waals surface area contributed by atoms with E-state index in [0.29, 0.717) is 10.6 Å². The summed E-state index contributed by atoms with van der Waals surface area (Å²) in [5, 5.41) is 0.295. The Bertz CT molecular complexity index is 436. The second-order valence-electron chi connectivity index (χ2n) is 4.39. The van der Waals surface area contributed by atoms with Gasteiger partial charge in [-0.3, -0.25) is 4.79 Å². The fraction of sp³-hybridized carbons (Fsp3) is 0.462. The van der Waals surface area contributed by atoms with Gasteiger partial charge in [-0.05, 0) is 37.0 Å². The number of benzene rings is 1. The highest BCUT2D eigenvalue weighted by atomic mass is 35.5. The Morgan fingerprint density at radius 2 is 2.24 bits per heavy atom. The Labute approximate surface area is 105 Å². The normalized spacial score (nSPS) is 17.6. The molecule has 1 saturated carbocycles. The van der Waals surface area contributed by atoms with E-state index in [1.54, 1.807) is 13.2 Å². The zero-order valence-electron chi connectivity index (χ0n) is 9.63. The van der Waals surface area contributed by atoms with Gasteiger partial charge in [-0.25, -0.2) is 4.39 Å². The first-order valence-electron chi connectivity index (χ1n) is 5.60. The third-order valence-corrected chi connectivity index (χ3v) is 3.78. The van der Waals surface area contributed by atoms with Gasteiger partial charge in [-0.2, -0.15) is 0 Å². The first-order chi connectivity index (χ1) is 8.07. The number of carbonyl (C=O) groups is 1. The average molecular weight is 257 g/mol. The number of ether oxygens (including phenoxy) is 1. The van der Waals surface area contributed by atoms with Crippen molar-refractivity contribution >= 4 is 17.4 Å². The summed E-state index contributed by atoms with van der Waals surface area (Å²) in [6, 6.07) is 4.09. The summed E-state index contributed by atoms with van der Waals surface area (Å²) < 4.78 is 18.2. The van der Waals surface area contributed by atoms with Crippen LogP contribution in [0.2, 0.25) is 5.02 Å². The molecule has 92 valence electrons. The van der Waals surface area contributed by atoms with Gasteiger partial charge in [0.05, 0.1) is 0 Å². The van der Waals surface area contributed by atoms with Crippen LogP contribution < -0.4 is 0 Å². The average Bonchev–Trinajstić information content (AvgIpc) is 2.21. The van der Waals surface area contributed by atoms with E-state index in [1.807, 2.05) is 0 Å². The third-order valence-electron chi connectivity index (χ3n) is 3.43. The molecule has 0 aromatic heterocycles. The van der Waals surface area contributed by atoms with Crippen molar-refractivity contribution in [3.8, 4) is 0 Å². The molecule has 0 aliphatic heterocycles. The summed E-state index contributed by atoms with van der Waals surface area (Å²) >= 11 is 5.90. The van der Waals surface area contributed by atoms with E-state index in [-0.39, 0.29) is 12.2 Å². The summed E-state index contributed by atoms with van der Waals surface area (Å²) in [7, 11) is 1.56. The lowest BCUT2D eigenvalue weighted by molar-refractivity contribution is -0.151. The highest BCUT2D eigenvalue weighted by Crippen LogP contribution is 2.37. The smallest absolute Gasteiger partial charge is 0.169 e. The molecule has 1 aromatic rings. The van der Waals surface area contributed by atoms with Crippen LogP contribution in [0.25, 0.3) is 0 Å². The van der Waals surface area contributed by atoms with Gasteiger partial charge in [-0.15, -0.1) is 0 Å². The molecule has 1 aliphatic carbocycles. The van der Waals surface area contributed by atoms with Gasteiger partial charge in [0.1, 0.15) is 11.4 Å². The number of hydrogen-bond acceptors (Lipinski definition) is 2. The van der Waals surface area contributed by atoms with E-state index >= 15 is 0 Å². The molecule has 0 radical (unpaired) electrons. The molecule has 4 heteroatoms. The lowest BCUT2D eigenvalue weighted by Gasteiger charge is -2.38. The van der Waals surface area contributed by atoms with E-state index in [0.717, 1.165) is 19.3 Å². The highest BCUT2D eigenvalue weighted by Gasteiger charge is 2.43. The zero-order chi connectivity index (χ0) is 12.5. The Hall–Kier alpha value is -0.930. The number of ketones is 1. The largest absolute Gasteiger partial charge is 0.370 e. The molecule has 0 bridgehead atoms. The summed E-state index contributed by atoms with van der Waals surface area (Å²) in [5.41, 5.74) is 0.0268. The number of halogens is 2. The standard InChI is InChI=1S/C13H14ClFO2/c1-17-13(5-2-6-13)12(16)7-9-3-4-10(15)8-11(9)14/h3-4,8H,2,5-7H2,1H3. The maximum atomic E-state index is 12.9. The fourth-order valence-corrected chi connectivity index (χ4v) is 2.33. The van der Waals surface area contributed by atoms with Crippen molar-refractivity contribution in [2.75, 3.05) is 7.11 Å². The minimum atomic E-state index is -0.627. The van der Waals surface area contributed by atoms with Crippen molar-refractivity contribution in [2.24, 2.45) is 0 Å². The van der Waals surface area contributed by atoms with Crippen molar-refractivity contribution < 1.29 is 13.9 Å². The van der Waals surface area contributed by atoms with Crippen LogP contribution in [0, 0.1) is 5.82 Å². The van der Waals surface area contributed by atoms with Gasteiger partial charge in [0.2, 0.25) is 0 Å². The molecule has 17 heavy (non-hydrogen) atoms. The van der Waals surface area contributed by atoms with Crippen molar-refractivity contribution in [1.82, 2.24) is 0 Å². The van der Waals surface area contributed by atoms with Gasteiger partial charge >= 0.3 is 0 Å². The minimum absolute atomic E-state index is 0.0276. The van der Waals surface area contributed by atoms with Gasteiger partial charge < -0.3 is 4.74 Å². The Balaban J connectivity index is 2.13. The fourth-order valence-electron chi connectivity index (χ4n) is 2.09. The van der Waals surface area contributed by atoms with Crippen LogP contribution >= 0.6 is 11.6 Å². The molecule has 2 nitrogen and oxygen atoms in total. The maximum absolute atomic E-state index is 12.9. The zero-order valence-corrected chi connectivity index (χ0v) is 10.4. The molecular weight excluding hydrogens is 243 g/mol. The summed E-state index contributed by atoms with van der Waals surface area (Å²) in [6.07, 6.45) is 2.74. The number of hydrogen-bond donors (Lipinski definition) is 0. The number of methoxy groups -OCH3 is 1. The third kappa shape index (κ3) is 2.35. The van der Waals surface area contributed by atoms with Crippen molar-refractivity contribution in [3.05, 3.63) is 34.6 Å². The van der Waals surface area contributed by atoms with Gasteiger partial charge in [-0.1, -0.05) is 17.7 Å². The molecule has 0 N–H and O–H groups in total. The van der Waals surface area contributed by atoms with Crippen molar-refractivity contribution in [1.29, 1.82) is 0 Å². The minimum Gasteiger partial charge on any atom is -0.370 e. The van der Waals surface area contributed by atoms with E-state index in [1.165, 1.54) is 12.1 Å². The van der Waals surface area contributed by atoms with E-state index in [2.05, 4.69) is 0 Å². The second kappa shape index (κ2) is 4.75. The predicted molar refractivity (Wildman–Crippen MR) is 63.7 cm³/mol. The molecule has 0 spiro atoms. The Kier molecular flexibility index (Phi) is 3.50. The van der Waals surface area contributed by atoms with E-state index < -0.39 is 11.4 Å². The van der Waals surface area contributed by atoms with Crippen LogP contribution in [-0.4, -0.2) is 18.5 Å². The molecule has 1 aliphatic rings. The van der Waals surface area contributed by atoms with Crippen molar-refractivity contribution in [3.63, 3.8) is 0 Å². The van der Waals surface area contributed by atoms with Crippen LogP contribution in [0.4, 0.5) is 4.39 Å². The van der Waals surface area contributed by atoms with Gasteiger partial charge in [0, 0.05) is 18.6 Å². The number of Topliss-reactive ketones (excluding diaryl/α,β-unsaturated/α-hetero) is 1. The topological polar surface area (TPSA) is 26.3 Å². The van der Waals surface area contributed by atoms with Crippen LogP contribution in [0.5, 0.6) is 0 Å². The maximum Gasteiger partial charge on any atom is 0.169 e. The second-order valence-corrected chi connectivity index (χ2v) is 4.79. The first-order valence-corrected chi connectivity index (χ1v) is 5.97. The number of rotatable bonds is 4. The number of carbonyl (C=O) groups excluding carboxylic acids is 1. The Morgan fingerprint density at radius 1 is 1.53 bits per heavy atom. The molecule has 1 aromatic carbocycles. The summed E-state index contributed by atoms with van der Waals surface area (Å²) in [5.74, 6) is -0.365. The predicted octanol–water partition coefficient (Wildman–Crippen LogP) is 3.16. The summed E-state index contributed by atoms with van der Waals surface area (Å²) in [6.45, 7) is 0. The van der Waals surface area contributed by atoms with E-state index in [9.17, 15) is 9.18 Å². The lowest BCUT2D eigenvalue weighted by Crippen LogP contribution is -2.47. The molecule has 0 unspecified atom stereocenters. The van der Waals surface area contributed by atoms with Crippen molar-refractivity contribution in [2.45, 2.75) is 31.3 Å². The quantitative estimate of drug-likeness (QED) is 0.827. The first kappa shape index (κ1) is 12.5. The highest BCUT2D eigenvalue weighted by molar-refractivity contribution is 6.31. The molecule has 0 atom stereocenters. The molecule has 0 saturated heterocycles. The molecular formula is C13H14ClFO2. The van der Waals surface area contributed by atoms with Gasteiger partial charge in [0.15, 0.2) is 5.78 Å². The summed E-state index contributed by atoms with van der Waals surface area (Å²) in [4.78, 5) is 12.1. The van der Waals surface area contributed by atoms with Crippen LogP contribution in [0.3, 0.4) is 0 Å².